The smallest absolute Gasteiger partial charge is 0.393 e. The second kappa shape index (κ2) is 28.4. The van der Waals surface area contributed by atoms with Gasteiger partial charge in [-0.25, -0.2) is 67.1 Å². The fourth-order valence-corrected chi connectivity index (χ4v) is 12.5. The molecule has 1 saturated carbocycles. The summed E-state index contributed by atoms with van der Waals surface area (Å²) in [5.41, 5.74) is -12.1. The number of ketones is 1. The molecule has 4 unspecified atom stereocenters. The number of alkyl halides is 6. The summed E-state index contributed by atoms with van der Waals surface area (Å²) in [6, 6.07) is 19.4. The molecule has 28 nitrogen and oxygen atoms in total. The van der Waals surface area contributed by atoms with Crippen molar-refractivity contribution in [3.63, 3.8) is 0 Å². The molecule has 9 aliphatic rings. The van der Waals surface area contributed by atoms with E-state index in [2.05, 4.69) is 42.0 Å². The van der Waals surface area contributed by atoms with E-state index in [1.54, 1.807) is 24.3 Å². The Morgan fingerprint density at radius 2 is 0.585 bits per heavy atom. The molecule has 8 aromatic rings. The number of benzene rings is 6. The van der Waals surface area contributed by atoms with Crippen LogP contribution in [0.15, 0.2) is 149 Å². The van der Waals surface area contributed by atoms with Gasteiger partial charge in [0.1, 0.15) is 0 Å². The van der Waals surface area contributed by atoms with Gasteiger partial charge in [-0.15, -0.1) is 0 Å². The standard InChI is InChI=1S/C19H6F6O6.C17H6O7.C10H2O6.C8H10O3.C8H8O3.C8H4O3.C2H6/c20-18(21,22)17(19(23,24)25,7-1-3-9-11(5-7)15(28)30-13(9)26)8-2-4-10-12(6-8)16(29)31-14(10)27;18-13(7-1-3-9-11(5-7)16(21)23-14(9)19)8-2-4-10-12(6-8)17(22)24-15(10)20;11-7-3-1-4-6(10(14)16-8(4)12)2-5(3)9(13)15-7;3*9-7-5-3-1-2-4-6(5)8(10)11-7;1-2/h1-6H;1-6H;1-2H;5-6H,1-4H2;1-2,5-6H,3-4H2;1-4H;1-2H3. The average Bonchev–Trinajstić information content (AvgIpc) is 1.02. The number of hydrogen-bond donors (Lipinski definition) is 0. The molecule has 17 rings (SSSR count). The SMILES string of the molecule is CC.O=C(c1ccc2c(c1)C(=O)OC2=O)c1ccc2c(c1)C(=O)OC2=O.O=C1OC(=O)C2CC=CCC12.O=C1OC(=O)C2CCCCC12.O=C1OC(=O)c2cc(C(c3ccc4c(c3)C(=O)OC4=O)(C(F)(F)F)C(F)(F)F)ccc21.O=C1OC(=O)c2ccccc21.O=c1oc(=O)c2cc3c(=O)oc(=O)c3cc12. The Morgan fingerprint density at radius 1 is 0.321 bits per heavy atom. The Kier molecular flexibility index (Phi) is 19.8. The molecular weight excluding hydrogens is 1430 g/mol. The molecule has 3 fully saturated rings. The van der Waals surface area contributed by atoms with E-state index in [0.717, 1.165) is 37.8 Å². The van der Waals surface area contributed by atoms with Crippen LogP contribution in [0, 0.1) is 23.7 Å². The second-order valence-corrected chi connectivity index (χ2v) is 23.5. The van der Waals surface area contributed by atoms with Crippen molar-refractivity contribution >= 4 is 111 Å². The minimum absolute atomic E-state index is 0.0154. The Balaban J connectivity index is 0.000000133. The number of fused-ring (bicyclic) bond motifs is 9. The van der Waals surface area contributed by atoms with Gasteiger partial charge < -0.3 is 42.0 Å². The number of halogens is 6. The van der Waals surface area contributed by atoms with Crippen molar-refractivity contribution in [2.45, 2.75) is 70.1 Å². The molecule has 0 bridgehead atoms. The number of carbonyl (C=O) groups is 15. The van der Waals surface area contributed by atoms with Gasteiger partial charge in [-0.1, -0.05) is 75.2 Å². The van der Waals surface area contributed by atoms with E-state index >= 15 is 0 Å². The van der Waals surface area contributed by atoms with Gasteiger partial charge in [0, 0.05) is 11.1 Å². The Morgan fingerprint density at radius 3 is 0.887 bits per heavy atom. The lowest BCUT2D eigenvalue weighted by Crippen LogP contribution is -2.55. The van der Waals surface area contributed by atoms with Gasteiger partial charge in [-0.05, 0) is 110 Å². The van der Waals surface area contributed by atoms with Crippen LogP contribution < -0.4 is 22.5 Å². The topological polar surface area (TPSA) is 415 Å². The molecule has 0 spiro atoms. The van der Waals surface area contributed by atoms with Crippen LogP contribution in [0.2, 0.25) is 0 Å². The lowest BCUT2D eigenvalue weighted by molar-refractivity contribution is -0.288. The molecule has 2 aromatic heterocycles. The van der Waals surface area contributed by atoms with Crippen molar-refractivity contribution in [2.75, 3.05) is 0 Å². The molecule has 6 aromatic carbocycles. The van der Waals surface area contributed by atoms with E-state index < -0.39 is 139 Å². The van der Waals surface area contributed by atoms with Crippen molar-refractivity contribution in [1.29, 1.82) is 0 Å². The predicted molar refractivity (Wildman–Crippen MR) is 335 cm³/mol. The highest BCUT2D eigenvalue weighted by molar-refractivity contribution is 6.20. The van der Waals surface area contributed by atoms with Gasteiger partial charge >= 0.3 is 118 Å². The minimum Gasteiger partial charge on any atom is -0.393 e. The average molecular weight is 1470 g/mol. The zero-order valence-electron chi connectivity index (χ0n) is 53.8. The van der Waals surface area contributed by atoms with Crippen LogP contribution in [0.5, 0.6) is 0 Å². The third-order valence-electron chi connectivity index (χ3n) is 17.6. The van der Waals surface area contributed by atoms with Gasteiger partial charge in [-0.3, -0.25) is 24.0 Å². The van der Waals surface area contributed by atoms with Gasteiger partial charge in [0.25, 0.3) is 0 Å². The van der Waals surface area contributed by atoms with E-state index in [0.29, 0.717) is 48.2 Å². The van der Waals surface area contributed by atoms with Crippen LogP contribution in [0.25, 0.3) is 21.5 Å². The molecule has 7 aliphatic heterocycles. The van der Waals surface area contributed by atoms with E-state index in [9.17, 15) is 117 Å². The number of allylic oxidation sites excluding steroid dienone is 2. The number of cyclic esters (lactones) is 14. The van der Waals surface area contributed by atoms with Crippen LogP contribution >= 0.6 is 0 Å². The molecule has 0 radical (unpaired) electrons. The quantitative estimate of drug-likeness (QED) is 0.0399. The summed E-state index contributed by atoms with van der Waals surface area (Å²) in [6.07, 6.45) is -3.05. The zero-order chi connectivity index (χ0) is 76.9. The van der Waals surface area contributed by atoms with Crippen molar-refractivity contribution < 1.29 is 140 Å². The molecule has 0 N–H and O–H groups in total. The molecule has 2 aliphatic carbocycles. The van der Waals surface area contributed by atoms with Crippen molar-refractivity contribution in [3.8, 4) is 0 Å². The van der Waals surface area contributed by atoms with E-state index in [1.807, 2.05) is 26.0 Å². The largest absolute Gasteiger partial charge is 0.411 e. The number of hydrogen-bond acceptors (Lipinski definition) is 28. The van der Waals surface area contributed by atoms with Crippen LogP contribution in [0.3, 0.4) is 0 Å². The maximum atomic E-state index is 14.2. The molecular formula is C72H42F6O28. The second-order valence-electron chi connectivity index (χ2n) is 23.5. The molecule has 106 heavy (non-hydrogen) atoms. The Hall–Kier alpha value is -13.4. The lowest BCUT2D eigenvalue weighted by atomic mass is 9.71. The number of ether oxygens (including phenoxy) is 7. The summed E-state index contributed by atoms with van der Waals surface area (Å²) in [7, 11) is 0. The Labute approximate surface area is 583 Å². The van der Waals surface area contributed by atoms with Crippen LogP contribution in [0.4, 0.5) is 26.3 Å². The third-order valence-corrected chi connectivity index (χ3v) is 17.6. The first-order valence-corrected chi connectivity index (χ1v) is 31.2. The summed E-state index contributed by atoms with van der Waals surface area (Å²) in [5, 5.41) is -0.0726. The van der Waals surface area contributed by atoms with Crippen LogP contribution in [0.1, 0.15) is 183 Å². The molecule has 2 saturated heterocycles. The maximum absolute atomic E-state index is 14.2. The van der Waals surface area contributed by atoms with Crippen LogP contribution in [-0.4, -0.2) is 102 Å². The van der Waals surface area contributed by atoms with Crippen molar-refractivity contribution in [2.24, 2.45) is 23.7 Å². The molecule has 4 atom stereocenters. The summed E-state index contributed by atoms with van der Waals surface area (Å²) in [5.74, 6) is -11.8. The van der Waals surface area contributed by atoms with Crippen LogP contribution in [-0.2, 0) is 57.8 Å². The number of furan rings is 2. The highest BCUT2D eigenvalue weighted by Crippen LogP contribution is 2.57. The third kappa shape index (κ3) is 13.3. The number of esters is 14. The van der Waals surface area contributed by atoms with Crippen molar-refractivity contribution in [1.82, 2.24) is 0 Å². The first kappa shape index (κ1) is 73.8. The van der Waals surface area contributed by atoms with Gasteiger partial charge in [0.05, 0.1) is 101 Å². The summed E-state index contributed by atoms with van der Waals surface area (Å²) >= 11 is 0. The predicted octanol–water partition coefficient (Wildman–Crippen LogP) is 8.30. The number of rotatable bonds is 4. The number of carbonyl (C=O) groups excluding carboxylic acids is 15. The fraction of sp³-hybridized carbons (Fsp3) is 0.208. The van der Waals surface area contributed by atoms with Crippen molar-refractivity contribution in [3.05, 3.63) is 241 Å². The normalized spacial score (nSPS) is 18.9. The Bertz CT molecular complexity index is 5120. The highest BCUT2D eigenvalue weighted by Gasteiger charge is 2.73. The molecule has 34 heteroatoms. The first-order chi connectivity index (χ1) is 50.2. The summed E-state index contributed by atoms with van der Waals surface area (Å²) in [6.45, 7) is 4.00. The van der Waals surface area contributed by atoms with E-state index in [4.69, 9.17) is 0 Å². The molecule has 9 heterocycles. The zero-order valence-corrected chi connectivity index (χ0v) is 53.8. The highest BCUT2D eigenvalue weighted by atomic mass is 19.4. The maximum Gasteiger partial charge on any atom is 0.411 e. The lowest BCUT2D eigenvalue weighted by Gasteiger charge is -2.38. The van der Waals surface area contributed by atoms with E-state index in [1.165, 1.54) is 36.4 Å². The summed E-state index contributed by atoms with van der Waals surface area (Å²) in [4.78, 5) is 215. The van der Waals surface area contributed by atoms with Gasteiger partial charge in [-0.2, -0.15) is 26.3 Å². The fourth-order valence-electron chi connectivity index (χ4n) is 12.5. The summed E-state index contributed by atoms with van der Waals surface area (Å²) < 4.78 is 125. The monoisotopic (exact) mass is 1470 g/mol. The minimum atomic E-state index is -6.02. The first-order valence-electron chi connectivity index (χ1n) is 31.2. The van der Waals surface area contributed by atoms with Gasteiger partial charge in [0.15, 0.2) is 5.78 Å². The molecule has 0 amide bonds. The molecule has 540 valence electrons. The van der Waals surface area contributed by atoms with Gasteiger partial charge in [0.2, 0.25) is 5.41 Å². The van der Waals surface area contributed by atoms with E-state index in [-0.39, 0.29) is 115 Å².